The number of alkyl halides is 2. The Morgan fingerprint density at radius 2 is 2.02 bits per heavy atom. The van der Waals surface area contributed by atoms with Crippen molar-refractivity contribution in [3.8, 4) is 0 Å². The summed E-state index contributed by atoms with van der Waals surface area (Å²) in [5, 5.41) is 0.343. The molecule has 3 saturated heterocycles. The smallest absolute Gasteiger partial charge is 0.383 e. The largest absolute Gasteiger partial charge is 0.386 e. The number of halogens is 2. The van der Waals surface area contributed by atoms with Gasteiger partial charge in [0.1, 0.15) is 42.7 Å². The zero-order valence-corrected chi connectivity index (χ0v) is 24.8. The van der Waals surface area contributed by atoms with Crippen molar-refractivity contribution in [1.29, 1.82) is 0 Å². The molecule has 0 aromatic carbocycles. The molecule has 3 aliphatic heterocycles. The molecule has 4 aromatic heterocycles. The van der Waals surface area contributed by atoms with Gasteiger partial charge in [0.25, 0.3) is 5.56 Å². The molecule has 4 aromatic rings. The lowest BCUT2D eigenvalue weighted by Crippen LogP contribution is -2.44. The van der Waals surface area contributed by atoms with Gasteiger partial charge in [-0.05, 0) is 6.07 Å². The molecular formula is C21H23F2N9O9P2S. The number of thiol groups is 1. The van der Waals surface area contributed by atoms with E-state index in [2.05, 4.69) is 37.2 Å². The molecule has 5 N–H and O–H groups in total. The van der Waals surface area contributed by atoms with E-state index in [4.69, 9.17) is 39.0 Å². The molecule has 23 heteroatoms. The predicted octanol–water partition coefficient (Wildman–Crippen LogP) is 1.23. The molecule has 0 amide bonds. The average Bonchev–Trinajstić information content (AvgIpc) is 3.73. The second-order valence-corrected chi connectivity index (χ2v) is 14.0. The first-order valence-electron chi connectivity index (χ1n) is 12.8. The Kier molecular flexibility index (Phi) is 7.30. The Balaban J connectivity index is 1.21. The second-order valence-electron chi connectivity index (χ2n) is 10.1. The summed E-state index contributed by atoms with van der Waals surface area (Å²) in [7, 11) is -3.56. The number of nitrogens with zero attached hydrogens (tertiary/aromatic N) is 6. The van der Waals surface area contributed by atoms with E-state index < -0.39 is 83.0 Å². The summed E-state index contributed by atoms with van der Waals surface area (Å²) in [6.45, 7) is -6.39. The van der Waals surface area contributed by atoms with Gasteiger partial charge in [0.2, 0.25) is 11.7 Å². The van der Waals surface area contributed by atoms with Crippen molar-refractivity contribution in [3.63, 3.8) is 0 Å². The summed E-state index contributed by atoms with van der Waals surface area (Å²) >= 11 is 3.99. The highest BCUT2D eigenvalue weighted by molar-refractivity contribution is 8.44. The quantitative estimate of drug-likeness (QED) is 0.172. The lowest BCUT2D eigenvalue weighted by atomic mass is 10.1. The van der Waals surface area contributed by atoms with Gasteiger partial charge in [0.15, 0.2) is 29.7 Å². The number of aromatic amines is 1. The third kappa shape index (κ3) is 4.92. The minimum absolute atomic E-state index is 0.0856. The van der Waals surface area contributed by atoms with Crippen LogP contribution in [-0.4, -0.2) is 84.5 Å². The SMILES string of the molecule is Nc1nc2c(ncn2[C@@H]2O[C@@H]3CO[PH](=O)O[C@@H]4[C@@H](CO[P@@](=O)(S)O[C@@H]2[C@H]3F)OC[C@]4(F)n2ccc3c(N)ncnc32)c(=O)[nH]1. The minimum Gasteiger partial charge on any atom is -0.383 e. The van der Waals surface area contributed by atoms with Crippen molar-refractivity contribution in [3.05, 3.63) is 35.3 Å². The van der Waals surface area contributed by atoms with Crippen molar-refractivity contribution in [2.24, 2.45) is 0 Å². The fraction of sp³-hybridized carbons (Fsp3) is 0.476. The van der Waals surface area contributed by atoms with Crippen LogP contribution in [0.15, 0.2) is 29.7 Å². The number of nitrogen functional groups attached to an aromatic ring is 2. The highest BCUT2D eigenvalue weighted by Crippen LogP contribution is 2.58. The number of nitrogens with one attached hydrogen (secondary N) is 1. The fourth-order valence-corrected chi connectivity index (χ4v) is 7.75. The first-order chi connectivity index (χ1) is 20.9. The molecule has 7 heterocycles. The van der Waals surface area contributed by atoms with Crippen LogP contribution >= 0.6 is 27.3 Å². The number of H-pyrrole nitrogens is 1. The van der Waals surface area contributed by atoms with Gasteiger partial charge in [0.05, 0.1) is 24.9 Å². The van der Waals surface area contributed by atoms with Gasteiger partial charge in [-0.25, -0.2) is 28.3 Å². The summed E-state index contributed by atoms with van der Waals surface area (Å²) in [5.41, 5.74) is 10.8. The van der Waals surface area contributed by atoms with Crippen LogP contribution in [0.5, 0.6) is 0 Å². The number of nitrogens with two attached hydrogens (primary N) is 2. The molecule has 236 valence electrons. The highest BCUT2D eigenvalue weighted by Gasteiger charge is 2.56. The summed E-state index contributed by atoms with van der Waals surface area (Å²) in [6.07, 6.45) is -6.03. The molecular weight excluding hydrogens is 654 g/mol. The topological polar surface area (TPSA) is 236 Å². The van der Waals surface area contributed by atoms with E-state index in [1.165, 1.54) is 12.3 Å². The number of ether oxygens (including phenoxy) is 2. The van der Waals surface area contributed by atoms with Crippen LogP contribution in [0.4, 0.5) is 20.5 Å². The second kappa shape index (κ2) is 10.8. The number of rotatable bonds is 2. The maximum Gasteiger partial charge on any atom is 0.386 e. The van der Waals surface area contributed by atoms with Gasteiger partial charge in [-0.2, -0.15) is 4.98 Å². The molecule has 9 atom stereocenters. The molecule has 0 radical (unpaired) electrons. The molecule has 3 aliphatic rings. The Hall–Kier alpha value is -3.00. The Labute approximate surface area is 250 Å². The zero-order chi connectivity index (χ0) is 31.0. The first-order valence-corrected chi connectivity index (χ1v) is 16.8. The Morgan fingerprint density at radius 1 is 1.20 bits per heavy atom. The van der Waals surface area contributed by atoms with Crippen molar-refractivity contribution in [1.82, 2.24) is 34.1 Å². The summed E-state index contributed by atoms with van der Waals surface area (Å²) in [5.74, 6) is -2.68. The molecule has 3 fully saturated rings. The van der Waals surface area contributed by atoms with E-state index in [0.717, 1.165) is 21.8 Å². The van der Waals surface area contributed by atoms with Gasteiger partial charge >= 0.3 is 15.1 Å². The molecule has 0 aliphatic carbocycles. The number of hydrogen-bond donors (Lipinski definition) is 4. The first kappa shape index (κ1) is 29.7. The van der Waals surface area contributed by atoms with E-state index >= 15 is 8.78 Å². The van der Waals surface area contributed by atoms with Crippen molar-refractivity contribution >= 4 is 61.3 Å². The number of anilines is 2. The predicted molar refractivity (Wildman–Crippen MR) is 149 cm³/mol. The lowest BCUT2D eigenvalue weighted by Gasteiger charge is -2.30. The van der Waals surface area contributed by atoms with E-state index in [-0.39, 0.29) is 28.6 Å². The summed E-state index contributed by atoms with van der Waals surface area (Å²) in [4.78, 5) is 30.5. The van der Waals surface area contributed by atoms with Gasteiger partial charge in [0, 0.05) is 6.20 Å². The van der Waals surface area contributed by atoms with Crippen LogP contribution in [0.25, 0.3) is 22.2 Å². The number of imidazole rings is 1. The van der Waals surface area contributed by atoms with Gasteiger partial charge in [-0.1, -0.05) is 12.2 Å². The molecule has 2 bridgehead atoms. The van der Waals surface area contributed by atoms with Crippen LogP contribution < -0.4 is 17.0 Å². The summed E-state index contributed by atoms with van der Waals surface area (Å²) in [6, 6.07) is 1.49. The van der Waals surface area contributed by atoms with E-state index in [0.29, 0.717) is 5.39 Å². The van der Waals surface area contributed by atoms with E-state index in [1.54, 1.807) is 0 Å². The van der Waals surface area contributed by atoms with Crippen LogP contribution in [0.3, 0.4) is 0 Å². The van der Waals surface area contributed by atoms with Gasteiger partial charge in [-0.15, -0.1) is 0 Å². The molecule has 44 heavy (non-hydrogen) atoms. The normalized spacial score (nSPS) is 36.6. The van der Waals surface area contributed by atoms with Crippen LogP contribution in [-0.2, 0) is 42.5 Å². The summed E-state index contributed by atoms with van der Waals surface area (Å²) < 4.78 is 94.4. The number of hydrogen-bond acceptors (Lipinski definition) is 15. The van der Waals surface area contributed by atoms with Crippen LogP contribution in [0, 0.1) is 0 Å². The van der Waals surface area contributed by atoms with Crippen molar-refractivity contribution in [2.45, 2.75) is 42.6 Å². The number of aromatic nitrogens is 7. The van der Waals surface area contributed by atoms with Crippen LogP contribution in [0.2, 0.25) is 0 Å². The standard InChI is InChI=1S/C21H23F2N9O9P2S/c22-11-9-3-37-42(34)40-14-10(36-5-21(14,23)32-2-1-8-15(24)26-6-27-16(8)32)4-38-43(35,44)41-13(11)19(39-9)31-7-28-12-17(31)29-20(25)30-18(12)33/h1-2,6-7,9-11,13-14,19,42H,3-5H2,(H,35,44)(H2,24,26,27)(H3,25,29,30,33)/t9-,10-,11+,13-,14-,19-,21+,43-/m1/s1. The lowest BCUT2D eigenvalue weighted by molar-refractivity contribution is -0.0569. The zero-order valence-electron chi connectivity index (χ0n) is 22.1. The Bertz CT molecular complexity index is 1900. The van der Waals surface area contributed by atoms with Gasteiger partial charge in [-0.3, -0.25) is 37.0 Å². The van der Waals surface area contributed by atoms with Crippen molar-refractivity contribution < 1.29 is 45.5 Å². The van der Waals surface area contributed by atoms with Crippen molar-refractivity contribution in [2.75, 3.05) is 31.3 Å². The Morgan fingerprint density at radius 3 is 2.84 bits per heavy atom. The number of fused-ring (bicyclic) bond motifs is 5. The maximum atomic E-state index is 16.8. The minimum atomic E-state index is -4.45. The fourth-order valence-electron chi connectivity index (χ4n) is 5.39. The molecule has 7 rings (SSSR count). The monoisotopic (exact) mass is 677 g/mol. The maximum absolute atomic E-state index is 16.8. The average molecular weight is 677 g/mol. The highest BCUT2D eigenvalue weighted by atomic mass is 32.7. The molecule has 0 spiro atoms. The van der Waals surface area contributed by atoms with Crippen LogP contribution in [0.1, 0.15) is 6.23 Å². The molecule has 18 nitrogen and oxygen atoms in total. The third-order valence-electron chi connectivity index (χ3n) is 7.42. The third-order valence-corrected chi connectivity index (χ3v) is 9.88. The van der Waals surface area contributed by atoms with Gasteiger partial charge < -0.3 is 25.5 Å². The molecule has 0 saturated carbocycles. The van der Waals surface area contributed by atoms with E-state index in [9.17, 15) is 13.9 Å². The molecule has 1 unspecified atom stereocenters. The van der Waals surface area contributed by atoms with E-state index in [1.807, 2.05) is 0 Å².